The number of carbonyl (C=O) groups excluding carboxylic acids is 2. The number of hydrogen-bond donors (Lipinski definition) is 2. The van der Waals surface area contributed by atoms with Crippen LogP contribution in [0.1, 0.15) is 35.2 Å². The molecule has 2 aliphatic rings. The lowest BCUT2D eigenvalue weighted by atomic mass is 9.98. The van der Waals surface area contributed by atoms with Crippen LogP contribution in [-0.2, 0) is 22.6 Å². The number of aromatic nitrogens is 5. The van der Waals surface area contributed by atoms with Crippen LogP contribution in [0.4, 0.5) is 0 Å². The quantitative estimate of drug-likeness (QED) is 0.577. The molecule has 0 spiro atoms. The van der Waals surface area contributed by atoms with Gasteiger partial charge >= 0.3 is 0 Å². The summed E-state index contributed by atoms with van der Waals surface area (Å²) in [6.45, 7) is 2.45. The molecule has 12 heteroatoms. The van der Waals surface area contributed by atoms with Crippen LogP contribution >= 0.6 is 0 Å². The second-order valence-corrected chi connectivity index (χ2v) is 7.92. The fourth-order valence-electron chi connectivity index (χ4n) is 4.02. The number of rotatable bonds is 5. The summed E-state index contributed by atoms with van der Waals surface area (Å²) in [5, 5.41) is 27.3. The van der Waals surface area contributed by atoms with Crippen molar-refractivity contribution < 1.29 is 24.6 Å². The number of aliphatic hydroxyl groups excluding tert-OH is 1. The zero-order valence-electron chi connectivity index (χ0n) is 17.7. The van der Waals surface area contributed by atoms with E-state index in [1.165, 1.54) is 11.0 Å². The number of carbonyl (C=O) groups is 3. The van der Waals surface area contributed by atoms with E-state index in [-0.39, 0.29) is 30.9 Å². The molecule has 2 aromatic heterocycles. The third-order valence-electron chi connectivity index (χ3n) is 5.65. The van der Waals surface area contributed by atoms with Crippen molar-refractivity contribution in [2.45, 2.75) is 38.3 Å². The van der Waals surface area contributed by atoms with Crippen molar-refractivity contribution >= 4 is 18.3 Å². The standard InChI is InChI=1S/C19H25N7O3.CH2O2/c27-17-2-5-24(6-3-17)19(29)16-8-15(9-20-10-16)7-14-1-4-25(11-14)18(28)12-26-13-21-22-23-26;2-1-3/h8-10,13-14,17,27H,1-7,11-12H2;1H,(H,2,3). The Labute approximate surface area is 184 Å². The van der Waals surface area contributed by atoms with Gasteiger partial charge in [0.25, 0.3) is 12.4 Å². The molecule has 2 saturated heterocycles. The fraction of sp³-hybridized carbons (Fsp3) is 0.550. The summed E-state index contributed by atoms with van der Waals surface area (Å²) in [5.74, 6) is 0.315. The molecule has 0 bridgehead atoms. The number of nitrogens with zero attached hydrogens (tertiary/aromatic N) is 7. The van der Waals surface area contributed by atoms with E-state index >= 15 is 0 Å². The summed E-state index contributed by atoms with van der Waals surface area (Å²) in [6.07, 6.45) is 7.46. The predicted octanol–water partition coefficient (Wildman–Crippen LogP) is -0.543. The highest BCUT2D eigenvalue weighted by molar-refractivity contribution is 5.94. The minimum atomic E-state index is -0.308. The maximum atomic E-state index is 12.7. The second-order valence-electron chi connectivity index (χ2n) is 7.92. The maximum Gasteiger partial charge on any atom is 0.290 e. The minimum Gasteiger partial charge on any atom is -0.483 e. The van der Waals surface area contributed by atoms with Gasteiger partial charge in [-0.2, -0.15) is 0 Å². The Morgan fingerprint density at radius 3 is 2.53 bits per heavy atom. The summed E-state index contributed by atoms with van der Waals surface area (Å²) in [6, 6.07) is 1.91. The van der Waals surface area contributed by atoms with Gasteiger partial charge in [-0.15, -0.1) is 5.10 Å². The zero-order valence-corrected chi connectivity index (χ0v) is 17.7. The van der Waals surface area contributed by atoms with Crippen LogP contribution in [0, 0.1) is 5.92 Å². The molecule has 0 radical (unpaired) electrons. The molecule has 2 amide bonds. The molecule has 2 fully saturated rings. The first-order chi connectivity index (χ1) is 15.5. The molecule has 4 rings (SSSR count). The Bertz CT molecular complexity index is 900. The average Bonchev–Trinajstić information content (AvgIpc) is 3.47. The molecule has 2 N–H and O–H groups in total. The molecule has 2 aromatic rings. The van der Waals surface area contributed by atoms with Gasteiger partial charge in [-0.3, -0.25) is 19.4 Å². The molecule has 0 aliphatic carbocycles. The third kappa shape index (κ3) is 6.30. The zero-order chi connectivity index (χ0) is 22.9. The lowest BCUT2D eigenvalue weighted by Gasteiger charge is -2.29. The highest BCUT2D eigenvalue weighted by Gasteiger charge is 2.27. The molecule has 12 nitrogen and oxygen atoms in total. The number of hydrogen-bond acceptors (Lipinski definition) is 8. The number of carboxylic acid groups (broad SMARTS) is 1. The smallest absolute Gasteiger partial charge is 0.290 e. The van der Waals surface area contributed by atoms with Gasteiger partial charge in [0.1, 0.15) is 12.9 Å². The van der Waals surface area contributed by atoms with E-state index in [0.717, 1.165) is 18.4 Å². The Kier molecular flexibility index (Phi) is 8.20. The molecule has 0 aromatic carbocycles. The number of tetrazole rings is 1. The minimum absolute atomic E-state index is 0.00846. The van der Waals surface area contributed by atoms with Crippen molar-refractivity contribution in [1.82, 2.24) is 35.0 Å². The molecule has 1 atom stereocenters. The third-order valence-corrected chi connectivity index (χ3v) is 5.65. The topological polar surface area (TPSA) is 155 Å². The van der Waals surface area contributed by atoms with E-state index in [1.54, 1.807) is 17.3 Å². The Morgan fingerprint density at radius 1 is 1.12 bits per heavy atom. The van der Waals surface area contributed by atoms with E-state index in [1.807, 2.05) is 11.0 Å². The van der Waals surface area contributed by atoms with Crippen molar-refractivity contribution in [3.05, 3.63) is 35.9 Å². The Morgan fingerprint density at radius 2 is 1.84 bits per heavy atom. The van der Waals surface area contributed by atoms with E-state index < -0.39 is 0 Å². The van der Waals surface area contributed by atoms with E-state index in [4.69, 9.17) is 9.90 Å². The molecule has 4 heterocycles. The number of likely N-dealkylation sites (tertiary alicyclic amines) is 2. The SMILES string of the molecule is O=C(Cn1cnnn1)N1CCC(Cc2cncc(C(=O)N3CCC(O)CC3)c2)C1.O=CO. The van der Waals surface area contributed by atoms with E-state index in [2.05, 4.69) is 20.5 Å². The Balaban J connectivity index is 0.000000913. The van der Waals surface area contributed by atoms with Gasteiger partial charge in [-0.25, -0.2) is 4.68 Å². The van der Waals surface area contributed by atoms with Crippen LogP contribution in [0.5, 0.6) is 0 Å². The largest absolute Gasteiger partial charge is 0.483 e. The van der Waals surface area contributed by atoms with Crippen LogP contribution in [0.25, 0.3) is 0 Å². The summed E-state index contributed by atoms with van der Waals surface area (Å²) in [7, 11) is 0. The van der Waals surface area contributed by atoms with Gasteiger partial charge in [-0.05, 0) is 53.7 Å². The molecule has 2 aliphatic heterocycles. The van der Waals surface area contributed by atoms with Crippen LogP contribution in [0.15, 0.2) is 24.8 Å². The molecule has 32 heavy (non-hydrogen) atoms. The number of piperidine rings is 1. The van der Waals surface area contributed by atoms with E-state index in [0.29, 0.717) is 50.5 Å². The number of pyridine rings is 1. The lowest BCUT2D eigenvalue weighted by molar-refractivity contribution is -0.131. The monoisotopic (exact) mass is 445 g/mol. The molecular formula is C20H27N7O5. The first kappa shape index (κ1) is 23.3. The first-order valence-electron chi connectivity index (χ1n) is 10.5. The van der Waals surface area contributed by atoms with Crippen molar-refractivity contribution in [1.29, 1.82) is 0 Å². The van der Waals surface area contributed by atoms with Gasteiger partial charge in [-0.1, -0.05) is 0 Å². The van der Waals surface area contributed by atoms with Crippen molar-refractivity contribution in [3.8, 4) is 0 Å². The van der Waals surface area contributed by atoms with Gasteiger partial charge in [0.2, 0.25) is 5.91 Å². The van der Waals surface area contributed by atoms with Gasteiger partial charge in [0.15, 0.2) is 0 Å². The van der Waals surface area contributed by atoms with Crippen LogP contribution < -0.4 is 0 Å². The second kappa shape index (κ2) is 11.3. The summed E-state index contributed by atoms with van der Waals surface area (Å²) < 4.78 is 1.42. The molecule has 172 valence electrons. The Hall–Kier alpha value is -3.41. The number of amides is 2. The van der Waals surface area contributed by atoms with Crippen LogP contribution in [-0.4, -0.2) is 95.8 Å². The van der Waals surface area contributed by atoms with E-state index in [9.17, 15) is 14.7 Å². The number of aliphatic hydroxyl groups is 1. The van der Waals surface area contributed by atoms with Crippen molar-refractivity contribution in [2.75, 3.05) is 26.2 Å². The van der Waals surface area contributed by atoms with Gasteiger partial charge in [0.05, 0.1) is 11.7 Å². The highest BCUT2D eigenvalue weighted by Crippen LogP contribution is 2.22. The maximum absolute atomic E-state index is 12.7. The van der Waals surface area contributed by atoms with Crippen molar-refractivity contribution in [3.63, 3.8) is 0 Å². The summed E-state index contributed by atoms with van der Waals surface area (Å²) in [5.41, 5.74) is 1.59. The molecular weight excluding hydrogens is 418 g/mol. The van der Waals surface area contributed by atoms with Crippen LogP contribution in [0.3, 0.4) is 0 Å². The summed E-state index contributed by atoms with van der Waals surface area (Å²) in [4.78, 5) is 41.3. The lowest BCUT2D eigenvalue weighted by Crippen LogP contribution is -2.40. The fourth-order valence-corrected chi connectivity index (χ4v) is 4.02. The normalized spacial score (nSPS) is 18.7. The molecule has 1 unspecified atom stereocenters. The highest BCUT2D eigenvalue weighted by atomic mass is 16.3. The molecule has 0 saturated carbocycles. The first-order valence-corrected chi connectivity index (χ1v) is 10.5. The predicted molar refractivity (Wildman–Crippen MR) is 110 cm³/mol. The van der Waals surface area contributed by atoms with Crippen molar-refractivity contribution in [2.24, 2.45) is 5.92 Å². The summed E-state index contributed by atoms with van der Waals surface area (Å²) >= 11 is 0. The average molecular weight is 445 g/mol. The van der Waals surface area contributed by atoms with Crippen LogP contribution in [0.2, 0.25) is 0 Å². The van der Waals surface area contributed by atoms with Gasteiger partial charge in [0, 0.05) is 38.6 Å². The van der Waals surface area contributed by atoms with Gasteiger partial charge < -0.3 is 20.0 Å².